The maximum absolute atomic E-state index is 11.3. The molecule has 1 aliphatic rings. The lowest BCUT2D eigenvalue weighted by atomic mass is 9.96. The number of nitrogens with two attached hydrogens (primary N) is 1. The predicted molar refractivity (Wildman–Crippen MR) is 76.8 cm³/mol. The van der Waals surface area contributed by atoms with Gasteiger partial charge in [-0.15, -0.1) is 5.10 Å². The second kappa shape index (κ2) is 5.03. The minimum Gasteiger partial charge on any atom is -0.399 e. The van der Waals surface area contributed by atoms with Gasteiger partial charge >= 0.3 is 5.76 Å². The minimum atomic E-state index is -0.388. The highest BCUT2D eigenvalue weighted by Gasteiger charge is 2.25. The molecule has 1 fully saturated rings. The van der Waals surface area contributed by atoms with E-state index in [0.717, 1.165) is 31.6 Å². The molecule has 0 unspecified atom stereocenters. The molecule has 106 valence electrons. The van der Waals surface area contributed by atoms with Gasteiger partial charge in [0.25, 0.3) is 0 Å². The lowest BCUT2D eigenvalue weighted by Gasteiger charge is -2.32. The molecule has 0 saturated carbocycles. The predicted octanol–water partition coefficient (Wildman–Crippen LogP) is 1.34. The molecule has 2 aromatic rings. The molecule has 0 bridgehead atoms. The molecular formula is C14H18N4O2. The number of benzene rings is 1. The van der Waals surface area contributed by atoms with Crippen LogP contribution in [-0.4, -0.2) is 22.9 Å². The Labute approximate surface area is 116 Å². The van der Waals surface area contributed by atoms with Gasteiger partial charge in [-0.1, -0.05) is 0 Å². The Morgan fingerprint density at radius 1 is 1.25 bits per heavy atom. The third-order valence-electron chi connectivity index (χ3n) is 3.81. The Bertz CT molecular complexity index is 636. The summed E-state index contributed by atoms with van der Waals surface area (Å²) in [6.07, 6.45) is 1.87. The first-order valence-electron chi connectivity index (χ1n) is 6.78. The van der Waals surface area contributed by atoms with Crippen LogP contribution < -0.4 is 16.4 Å². The normalized spacial score (nSPS) is 16.6. The number of piperidine rings is 1. The van der Waals surface area contributed by atoms with Gasteiger partial charge in [0.05, 0.1) is 0 Å². The van der Waals surface area contributed by atoms with E-state index in [1.54, 1.807) is 7.05 Å². The van der Waals surface area contributed by atoms with Gasteiger partial charge in [0.15, 0.2) is 0 Å². The maximum Gasteiger partial charge on any atom is 0.436 e. The van der Waals surface area contributed by atoms with Gasteiger partial charge in [0, 0.05) is 37.4 Å². The lowest BCUT2D eigenvalue weighted by Crippen LogP contribution is -2.32. The standard InChI is InChI=1S/C14H18N4O2/c1-17-14(19)20-13(16-17)10-6-8-18(9-7-10)12-4-2-11(15)3-5-12/h2-5,10H,6-9,15H2,1H3. The molecule has 6 nitrogen and oxygen atoms in total. The van der Waals surface area contributed by atoms with E-state index in [-0.39, 0.29) is 11.7 Å². The summed E-state index contributed by atoms with van der Waals surface area (Å²) in [4.78, 5) is 13.6. The van der Waals surface area contributed by atoms with Crippen LogP contribution in [0.3, 0.4) is 0 Å². The first-order chi connectivity index (χ1) is 9.63. The molecule has 6 heteroatoms. The van der Waals surface area contributed by atoms with Crippen LogP contribution in [0.4, 0.5) is 11.4 Å². The Kier molecular flexibility index (Phi) is 3.22. The fourth-order valence-electron chi connectivity index (χ4n) is 2.60. The topological polar surface area (TPSA) is 77.3 Å². The van der Waals surface area contributed by atoms with Crippen molar-refractivity contribution in [3.8, 4) is 0 Å². The number of aromatic nitrogens is 2. The molecule has 0 atom stereocenters. The summed E-state index contributed by atoms with van der Waals surface area (Å²) in [6.45, 7) is 1.85. The van der Waals surface area contributed by atoms with E-state index in [1.807, 2.05) is 24.3 Å². The molecule has 0 radical (unpaired) electrons. The van der Waals surface area contributed by atoms with Gasteiger partial charge in [0.2, 0.25) is 5.89 Å². The van der Waals surface area contributed by atoms with E-state index >= 15 is 0 Å². The Balaban J connectivity index is 1.67. The fourth-order valence-corrected chi connectivity index (χ4v) is 2.60. The minimum absolute atomic E-state index is 0.230. The largest absolute Gasteiger partial charge is 0.436 e. The summed E-state index contributed by atoms with van der Waals surface area (Å²) >= 11 is 0. The zero-order chi connectivity index (χ0) is 14.1. The smallest absolute Gasteiger partial charge is 0.399 e. The van der Waals surface area contributed by atoms with Crippen LogP contribution in [0.5, 0.6) is 0 Å². The quantitative estimate of drug-likeness (QED) is 0.836. The Hall–Kier alpha value is -2.24. The average Bonchev–Trinajstić information content (AvgIpc) is 2.80. The molecule has 0 spiro atoms. The van der Waals surface area contributed by atoms with Gasteiger partial charge in [-0.3, -0.25) is 0 Å². The van der Waals surface area contributed by atoms with E-state index in [1.165, 1.54) is 10.4 Å². The van der Waals surface area contributed by atoms with Crippen molar-refractivity contribution in [1.29, 1.82) is 0 Å². The fraction of sp³-hybridized carbons (Fsp3) is 0.429. The molecule has 3 rings (SSSR count). The first-order valence-corrected chi connectivity index (χ1v) is 6.78. The first kappa shape index (κ1) is 12.8. The molecular weight excluding hydrogens is 256 g/mol. The van der Waals surface area contributed by atoms with E-state index in [9.17, 15) is 4.79 Å². The molecule has 2 heterocycles. The van der Waals surface area contributed by atoms with E-state index in [4.69, 9.17) is 10.2 Å². The highest BCUT2D eigenvalue weighted by atomic mass is 16.4. The summed E-state index contributed by atoms with van der Waals surface area (Å²) in [5.41, 5.74) is 7.66. The Morgan fingerprint density at radius 2 is 1.90 bits per heavy atom. The molecule has 1 aliphatic heterocycles. The number of hydrogen-bond donors (Lipinski definition) is 1. The molecule has 1 saturated heterocycles. The zero-order valence-electron chi connectivity index (χ0n) is 11.5. The van der Waals surface area contributed by atoms with Crippen LogP contribution >= 0.6 is 0 Å². The van der Waals surface area contributed by atoms with E-state index in [0.29, 0.717) is 5.89 Å². The van der Waals surface area contributed by atoms with Crippen molar-refractivity contribution in [3.05, 3.63) is 40.7 Å². The number of aryl methyl sites for hydroxylation is 1. The summed E-state index contributed by atoms with van der Waals surface area (Å²) in [5.74, 6) is 0.407. The summed E-state index contributed by atoms with van der Waals surface area (Å²) in [5, 5.41) is 4.15. The second-order valence-electron chi connectivity index (χ2n) is 5.18. The van der Waals surface area contributed by atoms with Gasteiger partial charge in [-0.25, -0.2) is 4.79 Å². The van der Waals surface area contributed by atoms with Crippen LogP contribution in [0.15, 0.2) is 33.5 Å². The van der Waals surface area contributed by atoms with Crippen LogP contribution in [0.25, 0.3) is 0 Å². The van der Waals surface area contributed by atoms with Gasteiger partial charge in [0.1, 0.15) is 0 Å². The van der Waals surface area contributed by atoms with Crippen molar-refractivity contribution in [2.75, 3.05) is 23.7 Å². The molecule has 1 aromatic heterocycles. The maximum atomic E-state index is 11.3. The highest BCUT2D eigenvalue weighted by molar-refractivity contribution is 5.53. The van der Waals surface area contributed by atoms with Gasteiger partial charge in [-0.2, -0.15) is 4.68 Å². The van der Waals surface area contributed by atoms with Crippen molar-refractivity contribution >= 4 is 11.4 Å². The van der Waals surface area contributed by atoms with E-state index < -0.39 is 0 Å². The van der Waals surface area contributed by atoms with Crippen molar-refractivity contribution in [3.63, 3.8) is 0 Å². The van der Waals surface area contributed by atoms with Crippen molar-refractivity contribution in [2.24, 2.45) is 7.05 Å². The lowest BCUT2D eigenvalue weighted by molar-refractivity contribution is 0.378. The SMILES string of the molecule is Cn1nc(C2CCN(c3ccc(N)cc3)CC2)oc1=O. The monoisotopic (exact) mass is 274 g/mol. The van der Waals surface area contributed by atoms with Crippen LogP contribution in [0, 0.1) is 0 Å². The summed E-state index contributed by atoms with van der Waals surface area (Å²) < 4.78 is 6.42. The van der Waals surface area contributed by atoms with Crippen LogP contribution in [-0.2, 0) is 7.05 Å². The molecule has 0 amide bonds. The average molecular weight is 274 g/mol. The summed E-state index contributed by atoms with van der Waals surface area (Å²) in [7, 11) is 1.61. The number of nitrogens with zero attached hydrogens (tertiary/aromatic N) is 3. The molecule has 20 heavy (non-hydrogen) atoms. The Morgan fingerprint density at radius 3 is 2.45 bits per heavy atom. The van der Waals surface area contributed by atoms with E-state index in [2.05, 4.69) is 10.00 Å². The van der Waals surface area contributed by atoms with Crippen LogP contribution in [0.1, 0.15) is 24.7 Å². The van der Waals surface area contributed by atoms with Gasteiger partial charge < -0.3 is 15.1 Å². The van der Waals surface area contributed by atoms with Crippen molar-refractivity contribution in [2.45, 2.75) is 18.8 Å². The number of rotatable bonds is 2. The third-order valence-corrected chi connectivity index (χ3v) is 3.81. The summed E-state index contributed by atoms with van der Waals surface area (Å²) in [6, 6.07) is 7.91. The molecule has 2 N–H and O–H groups in total. The van der Waals surface area contributed by atoms with Gasteiger partial charge in [-0.05, 0) is 37.1 Å². The second-order valence-corrected chi connectivity index (χ2v) is 5.18. The molecule has 0 aliphatic carbocycles. The third kappa shape index (κ3) is 2.41. The number of hydrogen-bond acceptors (Lipinski definition) is 5. The number of anilines is 2. The molecule has 1 aromatic carbocycles. The van der Waals surface area contributed by atoms with Crippen LogP contribution in [0.2, 0.25) is 0 Å². The highest BCUT2D eigenvalue weighted by Crippen LogP contribution is 2.29. The van der Waals surface area contributed by atoms with Crippen molar-refractivity contribution < 1.29 is 4.42 Å². The van der Waals surface area contributed by atoms with Crippen molar-refractivity contribution in [1.82, 2.24) is 9.78 Å². The number of nitrogen functional groups attached to an aromatic ring is 1. The zero-order valence-corrected chi connectivity index (χ0v) is 11.5.